The summed E-state index contributed by atoms with van der Waals surface area (Å²) in [6.07, 6.45) is 3.70. The van der Waals surface area contributed by atoms with Crippen molar-refractivity contribution < 1.29 is 0 Å². The second-order valence-electron chi connectivity index (χ2n) is 5.03. The van der Waals surface area contributed by atoms with Crippen molar-refractivity contribution in [1.29, 1.82) is 0 Å². The number of rotatable bonds is 3. The molecular formula is C16H14BrCl2N. The lowest BCUT2D eigenvalue weighted by atomic mass is 10.1. The van der Waals surface area contributed by atoms with Gasteiger partial charge in [-0.2, -0.15) is 0 Å². The van der Waals surface area contributed by atoms with E-state index in [1.54, 1.807) is 0 Å². The highest BCUT2D eigenvalue weighted by Gasteiger charge is 2.11. The molecule has 0 aliphatic heterocycles. The molecule has 0 amide bonds. The standard InChI is InChI=1S/C16H14BrCl2N/c17-13-6-7-14(16(19)15(13)18)20-9-10-4-5-11-2-1-3-12(11)8-10/h4-8,20H,1-3,9H2. The third-order valence-electron chi connectivity index (χ3n) is 3.68. The summed E-state index contributed by atoms with van der Waals surface area (Å²) in [5, 5.41) is 4.46. The zero-order valence-electron chi connectivity index (χ0n) is 10.8. The van der Waals surface area contributed by atoms with Crippen LogP contribution in [0, 0.1) is 0 Å². The number of halogens is 3. The number of anilines is 1. The van der Waals surface area contributed by atoms with Crippen molar-refractivity contribution in [2.24, 2.45) is 0 Å². The molecular weight excluding hydrogens is 357 g/mol. The van der Waals surface area contributed by atoms with Crippen molar-refractivity contribution in [3.63, 3.8) is 0 Å². The number of aryl methyl sites for hydroxylation is 2. The highest BCUT2D eigenvalue weighted by Crippen LogP contribution is 2.36. The molecule has 0 saturated heterocycles. The molecule has 0 heterocycles. The van der Waals surface area contributed by atoms with Gasteiger partial charge in [0.15, 0.2) is 0 Å². The number of benzene rings is 2. The molecule has 4 heteroatoms. The van der Waals surface area contributed by atoms with E-state index >= 15 is 0 Å². The van der Waals surface area contributed by atoms with Gasteiger partial charge in [0.05, 0.1) is 15.7 Å². The average molecular weight is 371 g/mol. The molecule has 0 radical (unpaired) electrons. The van der Waals surface area contributed by atoms with E-state index in [0.717, 1.165) is 16.7 Å². The third kappa shape index (κ3) is 2.83. The number of fused-ring (bicyclic) bond motifs is 1. The van der Waals surface area contributed by atoms with Gasteiger partial charge < -0.3 is 5.32 Å². The van der Waals surface area contributed by atoms with Gasteiger partial charge in [0.1, 0.15) is 0 Å². The Balaban J connectivity index is 1.75. The van der Waals surface area contributed by atoms with Crippen molar-refractivity contribution >= 4 is 44.8 Å². The molecule has 1 aliphatic carbocycles. The number of hydrogen-bond donors (Lipinski definition) is 1. The molecule has 0 fully saturated rings. The number of nitrogens with one attached hydrogen (secondary N) is 1. The highest BCUT2D eigenvalue weighted by molar-refractivity contribution is 9.10. The zero-order valence-corrected chi connectivity index (χ0v) is 13.9. The lowest BCUT2D eigenvalue weighted by Gasteiger charge is -2.11. The summed E-state index contributed by atoms with van der Waals surface area (Å²) < 4.78 is 0.812. The van der Waals surface area contributed by atoms with Gasteiger partial charge in [-0.25, -0.2) is 0 Å². The first-order valence-corrected chi connectivity index (χ1v) is 8.18. The van der Waals surface area contributed by atoms with E-state index < -0.39 is 0 Å². The molecule has 2 aromatic carbocycles. The van der Waals surface area contributed by atoms with E-state index in [9.17, 15) is 0 Å². The van der Waals surface area contributed by atoms with Gasteiger partial charge in [-0.15, -0.1) is 0 Å². The minimum atomic E-state index is 0.547. The highest BCUT2D eigenvalue weighted by atomic mass is 79.9. The third-order valence-corrected chi connectivity index (χ3v) is 5.45. The molecule has 0 unspecified atom stereocenters. The normalized spacial score (nSPS) is 13.3. The molecule has 0 aromatic heterocycles. The van der Waals surface area contributed by atoms with Crippen LogP contribution in [-0.2, 0) is 19.4 Å². The van der Waals surface area contributed by atoms with Crippen molar-refractivity contribution in [2.45, 2.75) is 25.8 Å². The van der Waals surface area contributed by atoms with Crippen molar-refractivity contribution in [2.75, 3.05) is 5.32 Å². The summed E-state index contributed by atoms with van der Waals surface area (Å²) in [4.78, 5) is 0. The molecule has 0 spiro atoms. The van der Waals surface area contributed by atoms with Crippen LogP contribution >= 0.6 is 39.1 Å². The van der Waals surface area contributed by atoms with E-state index in [2.05, 4.69) is 39.4 Å². The maximum absolute atomic E-state index is 6.23. The molecule has 104 valence electrons. The predicted molar refractivity (Wildman–Crippen MR) is 90.0 cm³/mol. The van der Waals surface area contributed by atoms with Crippen molar-refractivity contribution in [1.82, 2.24) is 0 Å². The molecule has 1 aliphatic rings. The Bertz CT molecular complexity index is 655. The van der Waals surface area contributed by atoms with Crippen LogP contribution in [0.15, 0.2) is 34.8 Å². The van der Waals surface area contributed by atoms with E-state index in [1.807, 2.05) is 12.1 Å². The topological polar surface area (TPSA) is 12.0 Å². The minimum Gasteiger partial charge on any atom is -0.380 e. The van der Waals surface area contributed by atoms with Crippen LogP contribution in [-0.4, -0.2) is 0 Å². The predicted octanol–water partition coefficient (Wildman–Crippen LogP) is 5.86. The van der Waals surface area contributed by atoms with Gasteiger partial charge in [0.2, 0.25) is 0 Å². The van der Waals surface area contributed by atoms with Crippen LogP contribution in [0.4, 0.5) is 5.69 Å². The Morgan fingerprint density at radius 2 is 1.80 bits per heavy atom. The van der Waals surface area contributed by atoms with E-state index in [4.69, 9.17) is 23.2 Å². The SMILES string of the molecule is Clc1c(Br)ccc(NCc2ccc3c(c2)CCC3)c1Cl. The first-order valence-electron chi connectivity index (χ1n) is 6.63. The maximum Gasteiger partial charge on any atom is 0.0835 e. The second kappa shape index (κ2) is 5.97. The van der Waals surface area contributed by atoms with Gasteiger partial charge in [0, 0.05) is 11.0 Å². The first kappa shape index (κ1) is 14.2. The molecule has 1 nitrogen and oxygen atoms in total. The van der Waals surface area contributed by atoms with E-state index in [1.165, 1.54) is 36.0 Å². The summed E-state index contributed by atoms with van der Waals surface area (Å²) in [6.45, 7) is 0.755. The average Bonchev–Trinajstić information content (AvgIpc) is 2.91. The maximum atomic E-state index is 6.23. The van der Waals surface area contributed by atoms with Crippen molar-refractivity contribution in [3.8, 4) is 0 Å². The Kier molecular flexibility index (Phi) is 4.25. The molecule has 0 atom stereocenters. The zero-order chi connectivity index (χ0) is 14.1. The Labute approximate surface area is 137 Å². The summed E-state index contributed by atoms with van der Waals surface area (Å²) in [5.41, 5.74) is 5.13. The Morgan fingerprint density at radius 3 is 2.65 bits per heavy atom. The Hall–Kier alpha value is -0.700. The molecule has 0 saturated carbocycles. The molecule has 20 heavy (non-hydrogen) atoms. The molecule has 1 N–H and O–H groups in total. The van der Waals surface area contributed by atoms with Crippen LogP contribution in [0.3, 0.4) is 0 Å². The fraction of sp³-hybridized carbons (Fsp3) is 0.250. The lowest BCUT2D eigenvalue weighted by Crippen LogP contribution is -2.01. The van der Waals surface area contributed by atoms with Gasteiger partial charge in [-0.3, -0.25) is 0 Å². The summed E-state index contributed by atoms with van der Waals surface area (Å²) in [5.74, 6) is 0. The quantitative estimate of drug-likeness (QED) is 0.667. The Morgan fingerprint density at radius 1 is 1.00 bits per heavy atom. The number of hydrogen-bond acceptors (Lipinski definition) is 1. The van der Waals surface area contributed by atoms with Crippen LogP contribution in [0.25, 0.3) is 0 Å². The minimum absolute atomic E-state index is 0.547. The van der Waals surface area contributed by atoms with Gasteiger partial charge in [0.25, 0.3) is 0 Å². The summed E-state index contributed by atoms with van der Waals surface area (Å²) in [6, 6.07) is 10.6. The van der Waals surface area contributed by atoms with Crippen molar-refractivity contribution in [3.05, 3.63) is 61.5 Å². The fourth-order valence-corrected chi connectivity index (χ4v) is 3.44. The molecule has 3 rings (SSSR count). The first-order chi connectivity index (χ1) is 9.65. The molecule has 2 aromatic rings. The largest absolute Gasteiger partial charge is 0.380 e. The summed E-state index contributed by atoms with van der Waals surface area (Å²) in [7, 11) is 0. The second-order valence-corrected chi connectivity index (χ2v) is 6.64. The van der Waals surface area contributed by atoms with Crippen LogP contribution in [0.2, 0.25) is 10.0 Å². The van der Waals surface area contributed by atoms with Gasteiger partial charge in [-0.05, 0) is 64.0 Å². The van der Waals surface area contributed by atoms with Crippen LogP contribution in [0.5, 0.6) is 0 Å². The monoisotopic (exact) mass is 369 g/mol. The van der Waals surface area contributed by atoms with E-state index in [0.29, 0.717) is 10.0 Å². The summed E-state index contributed by atoms with van der Waals surface area (Å²) >= 11 is 15.7. The van der Waals surface area contributed by atoms with Gasteiger partial charge >= 0.3 is 0 Å². The van der Waals surface area contributed by atoms with Crippen LogP contribution in [0.1, 0.15) is 23.1 Å². The van der Waals surface area contributed by atoms with Crippen LogP contribution < -0.4 is 5.32 Å². The molecule has 0 bridgehead atoms. The lowest BCUT2D eigenvalue weighted by molar-refractivity contribution is 0.911. The smallest absolute Gasteiger partial charge is 0.0835 e. The fourth-order valence-electron chi connectivity index (χ4n) is 2.59. The van der Waals surface area contributed by atoms with Gasteiger partial charge in [-0.1, -0.05) is 41.4 Å². The van der Waals surface area contributed by atoms with E-state index in [-0.39, 0.29) is 0 Å².